The molecule has 0 amide bonds. The minimum Gasteiger partial charge on any atom is -0.380 e. The molecule has 1 aliphatic rings. The van der Waals surface area contributed by atoms with Crippen LogP contribution in [0.5, 0.6) is 0 Å². The van der Waals surface area contributed by atoms with E-state index in [1.54, 1.807) is 0 Å². The molecule has 0 aromatic heterocycles. The maximum absolute atomic E-state index is 8.47. The van der Waals surface area contributed by atoms with Crippen LogP contribution in [0, 0.1) is 27.4 Å². The van der Waals surface area contributed by atoms with Gasteiger partial charge in [-0.25, -0.2) is 0 Å². The van der Waals surface area contributed by atoms with E-state index in [-0.39, 0.29) is 5.41 Å². The average Bonchev–Trinajstić information content (AvgIpc) is 1.95. The molecule has 0 radical (unpaired) electrons. The Kier molecular flexibility index (Phi) is 2.76. The van der Waals surface area contributed by atoms with E-state index in [4.69, 9.17) is 15.3 Å². The van der Waals surface area contributed by atoms with Gasteiger partial charge in [-0.3, -0.25) is 0 Å². The molecule has 1 heterocycles. The van der Waals surface area contributed by atoms with E-state index in [1.807, 2.05) is 5.40 Å². The third kappa shape index (κ3) is 1.86. The maximum atomic E-state index is 8.47. The van der Waals surface area contributed by atoms with Crippen LogP contribution in [0.3, 0.4) is 0 Å². The van der Waals surface area contributed by atoms with E-state index in [2.05, 4.69) is 6.07 Å². The summed E-state index contributed by atoms with van der Waals surface area (Å²) in [5, 5.41) is 18.8. The SMILES string of the molecule is N#CCC1(CSC#N)COC1. The van der Waals surface area contributed by atoms with E-state index in [0.29, 0.717) is 19.6 Å². The van der Waals surface area contributed by atoms with Gasteiger partial charge in [-0.1, -0.05) is 0 Å². The van der Waals surface area contributed by atoms with Gasteiger partial charge in [0.05, 0.1) is 19.3 Å². The molecule has 0 aromatic carbocycles. The zero-order valence-electron chi connectivity index (χ0n) is 6.04. The molecule has 0 spiro atoms. The van der Waals surface area contributed by atoms with E-state index >= 15 is 0 Å². The lowest BCUT2D eigenvalue weighted by Crippen LogP contribution is -2.44. The quantitative estimate of drug-likeness (QED) is 0.593. The van der Waals surface area contributed by atoms with Crippen LogP contribution in [0.15, 0.2) is 0 Å². The zero-order chi connectivity index (χ0) is 8.16. The van der Waals surface area contributed by atoms with Crippen molar-refractivity contribution in [3.63, 3.8) is 0 Å². The standard InChI is InChI=1S/C7H8N2OS/c8-2-1-7(3-10-4-7)5-11-6-9/h1,3-5H2. The Morgan fingerprint density at radius 2 is 2.18 bits per heavy atom. The van der Waals surface area contributed by atoms with Crippen LogP contribution in [0.1, 0.15) is 6.42 Å². The highest BCUT2D eigenvalue weighted by Gasteiger charge is 2.38. The van der Waals surface area contributed by atoms with Gasteiger partial charge in [-0.15, -0.1) is 0 Å². The second-order valence-electron chi connectivity index (χ2n) is 2.71. The lowest BCUT2D eigenvalue weighted by molar-refractivity contribution is -0.0946. The van der Waals surface area contributed by atoms with Crippen LogP contribution >= 0.6 is 11.8 Å². The van der Waals surface area contributed by atoms with Gasteiger partial charge in [-0.05, 0) is 11.8 Å². The zero-order valence-corrected chi connectivity index (χ0v) is 6.86. The smallest absolute Gasteiger partial charge is 0.133 e. The third-order valence-corrected chi connectivity index (χ3v) is 2.60. The first-order chi connectivity index (χ1) is 5.33. The molecular weight excluding hydrogens is 160 g/mol. The maximum Gasteiger partial charge on any atom is 0.133 e. The predicted molar refractivity (Wildman–Crippen MR) is 41.6 cm³/mol. The Morgan fingerprint density at radius 3 is 2.55 bits per heavy atom. The van der Waals surface area contributed by atoms with Crippen molar-refractivity contribution in [1.82, 2.24) is 0 Å². The fraction of sp³-hybridized carbons (Fsp3) is 0.714. The van der Waals surface area contributed by atoms with Crippen molar-refractivity contribution in [2.75, 3.05) is 19.0 Å². The van der Waals surface area contributed by atoms with Gasteiger partial charge in [0.1, 0.15) is 5.40 Å². The molecule has 1 rings (SSSR count). The van der Waals surface area contributed by atoms with E-state index in [9.17, 15) is 0 Å². The van der Waals surface area contributed by atoms with Gasteiger partial charge < -0.3 is 4.74 Å². The molecule has 0 aliphatic carbocycles. The highest BCUT2D eigenvalue weighted by atomic mass is 32.2. The Morgan fingerprint density at radius 1 is 1.45 bits per heavy atom. The van der Waals surface area contributed by atoms with Crippen molar-refractivity contribution in [2.45, 2.75) is 6.42 Å². The molecule has 0 unspecified atom stereocenters. The van der Waals surface area contributed by atoms with Gasteiger partial charge >= 0.3 is 0 Å². The van der Waals surface area contributed by atoms with Crippen LogP contribution in [0.25, 0.3) is 0 Å². The molecule has 3 nitrogen and oxygen atoms in total. The summed E-state index contributed by atoms with van der Waals surface area (Å²) in [6, 6.07) is 2.12. The van der Waals surface area contributed by atoms with Gasteiger partial charge in [0, 0.05) is 17.6 Å². The van der Waals surface area contributed by atoms with Crippen LogP contribution < -0.4 is 0 Å². The van der Waals surface area contributed by atoms with Crippen LogP contribution in [0.2, 0.25) is 0 Å². The van der Waals surface area contributed by atoms with Crippen LogP contribution in [0.4, 0.5) is 0 Å². The summed E-state index contributed by atoms with van der Waals surface area (Å²) in [7, 11) is 0. The van der Waals surface area contributed by atoms with Crippen molar-refractivity contribution in [2.24, 2.45) is 5.41 Å². The Balaban J connectivity index is 2.36. The molecule has 1 aliphatic heterocycles. The molecule has 0 N–H and O–H groups in total. The largest absolute Gasteiger partial charge is 0.380 e. The number of nitrogens with zero attached hydrogens (tertiary/aromatic N) is 2. The fourth-order valence-corrected chi connectivity index (χ4v) is 1.62. The molecule has 58 valence electrons. The number of rotatable bonds is 3. The molecule has 0 bridgehead atoms. The highest BCUT2D eigenvalue weighted by Crippen LogP contribution is 2.34. The first kappa shape index (κ1) is 8.39. The molecule has 1 fully saturated rings. The predicted octanol–water partition coefficient (Wildman–Crippen LogP) is 1.13. The molecular formula is C7H8N2OS. The minimum atomic E-state index is -0.0187. The summed E-state index contributed by atoms with van der Waals surface area (Å²) >= 11 is 1.21. The fourth-order valence-electron chi connectivity index (χ4n) is 0.980. The van der Waals surface area contributed by atoms with Gasteiger partial charge in [-0.2, -0.15) is 10.5 Å². The normalized spacial score (nSPS) is 19.5. The molecule has 0 aromatic rings. The highest BCUT2D eigenvalue weighted by molar-refractivity contribution is 8.03. The monoisotopic (exact) mass is 168 g/mol. The molecule has 0 saturated carbocycles. The minimum absolute atomic E-state index is 0.0187. The third-order valence-electron chi connectivity index (χ3n) is 1.71. The Labute approximate surface area is 69.9 Å². The van der Waals surface area contributed by atoms with Crippen LogP contribution in [-0.2, 0) is 4.74 Å². The number of hydrogen-bond acceptors (Lipinski definition) is 4. The molecule has 1 saturated heterocycles. The number of thiocyanates is 1. The molecule has 4 heteroatoms. The van der Waals surface area contributed by atoms with Crippen LogP contribution in [-0.4, -0.2) is 19.0 Å². The van der Waals surface area contributed by atoms with E-state index < -0.39 is 0 Å². The average molecular weight is 168 g/mol. The second-order valence-corrected chi connectivity index (χ2v) is 3.47. The van der Waals surface area contributed by atoms with Crippen molar-refractivity contribution >= 4 is 11.8 Å². The van der Waals surface area contributed by atoms with E-state index in [1.165, 1.54) is 11.8 Å². The van der Waals surface area contributed by atoms with Crippen molar-refractivity contribution in [3.05, 3.63) is 0 Å². The van der Waals surface area contributed by atoms with Gasteiger partial charge in [0.15, 0.2) is 0 Å². The van der Waals surface area contributed by atoms with Gasteiger partial charge in [0.2, 0.25) is 0 Å². The molecule has 0 atom stereocenters. The first-order valence-corrected chi connectivity index (χ1v) is 4.27. The summed E-state index contributed by atoms with van der Waals surface area (Å²) in [6.07, 6.45) is 0.502. The summed E-state index contributed by atoms with van der Waals surface area (Å²) in [5.41, 5.74) is -0.0187. The van der Waals surface area contributed by atoms with Crippen molar-refractivity contribution in [3.8, 4) is 11.5 Å². The number of ether oxygens (including phenoxy) is 1. The second kappa shape index (κ2) is 3.61. The molecule has 11 heavy (non-hydrogen) atoms. The lowest BCUT2D eigenvalue weighted by Gasteiger charge is -2.38. The summed E-state index contributed by atoms with van der Waals surface area (Å²) < 4.78 is 5.01. The Bertz CT molecular complexity index is 211. The Hall–Kier alpha value is -0.710. The number of hydrogen-bond donors (Lipinski definition) is 0. The lowest BCUT2D eigenvalue weighted by atomic mass is 9.85. The number of nitriles is 2. The van der Waals surface area contributed by atoms with Crippen molar-refractivity contribution in [1.29, 1.82) is 10.5 Å². The first-order valence-electron chi connectivity index (χ1n) is 3.29. The topological polar surface area (TPSA) is 56.8 Å². The summed E-state index contributed by atoms with van der Waals surface area (Å²) in [5.74, 6) is 0.719. The summed E-state index contributed by atoms with van der Waals surface area (Å²) in [4.78, 5) is 0. The summed E-state index contributed by atoms with van der Waals surface area (Å²) in [6.45, 7) is 1.27. The van der Waals surface area contributed by atoms with E-state index in [0.717, 1.165) is 5.75 Å². The van der Waals surface area contributed by atoms with Gasteiger partial charge in [0.25, 0.3) is 0 Å². The number of thioether (sulfide) groups is 1. The van der Waals surface area contributed by atoms with Crippen molar-refractivity contribution < 1.29 is 4.74 Å².